The van der Waals surface area contributed by atoms with E-state index in [9.17, 15) is 0 Å². The molecule has 140 valence electrons. The van der Waals surface area contributed by atoms with E-state index in [4.69, 9.17) is 49.6 Å². The normalized spacial score (nSPS) is 14.0. The fourth-order valence-corrected chi connectivity index (χ4v) is 3.38. The molecule has 0 saturated carbocycles. The van der Waals surface area contributed by atoms with Crippen molar-refractivity contribution >= 4 is 35.4 Å². The third-order valence-electron chi connectivity index (χ3n) is 4.04. The first kappa shape index (κ1) is 18.2. The first-order chi connectivity index (χ1) is 13.0. The van der Waals surface area contributed by atoms with Crippen molar-refractivity contribution < 1.29 is 14.2 Å². The van der Waals surface area contributed by atoms with Crippen molar-refractivity contribution in [3.05, 3.63) is 57.0 Å². The number of rotatable bonds is 4. The van der Waals surface area contributed by atoms with Crippen LogP contribution >= 0.6 is 35.4 Å². The van der Waals surface area contributed by atoms with E-state index in [0.29, 0.717) is 51.1 Å². The molecular formula is C18H15Cl2N3O3S. The Balaban J connectivity index is 1.69. The summed E-state index contributed by atoms with van der Waals surface area (Å²) >= 11 is 17.6. The van der Waals surface area contributed by atoms with Gasteiger partial charge in [-0.1, -0.05) is 23.2 Å². The van der Waals surface area contributed by atoms with Crippen LogP contribution in [0.1, 0.15) is 18.9 Å². The molecule has 2 aromatic carbocycles. The van der Waals surface area contributed by atoms with Gasteiger partial charge in [0.2, 0.25) is 0 Å². The molecule has 3 aromatic rings. The van der Waals surface area contributed by atoms with Gasteiger partial charge in [-0.15, -0.1) is 0 Å². The lowest BCUT2D eigenvalue weighted by molar-refractivity contribution is 0.171. The monoisotopic (exact) mass is 423 g/mol. The molecule has 2 heterocycles. The van der Waals surface area contributed by atoms with Crippen LogP contribution in [-0.2, 0) is 0 Å². The molecule has 1 aromatic heterocycles. The maximum Gasteiger partial charge on any atom is 0.199 e. The number of halogens is 2. The Hall–Kier alpha value is -2.22. The van der Waals surface area contributed by atoms with Gasteiger partial charge in [-0.3, -0.25) is 9.67 Å². The van der Waals surface area contributed by atoms with Crippen LogP contribution < -0.4 is 14.2 Å². The highest BCUT2D eigenvalue weighted by molar-refractivity contribution is 7.71. The number of hydrogen-bond acceptors (Lipinski definition) is 5. The standard InChI is InChI=1S/C18H15Cl2N3O3S/c1-10(26-15-8-11(19)2-4-13(15)20)17-21-22-18(27)23(17)12-3-5-14-16(9-12)25-7-6-24-14/h2-5,8-10H,6-7H2,1H3,(H,22,27). The highest BCUT2D eigenvalue weighted by atomic mass is 35.5. The molecule has 9 heteroatoms. The third-order valence-corrected chi connectivity index (χ3v) is 4.86. The Kier molecular flexibility index (Phi) is 4.99. The highest BCUT2D eigenvalue weighted by Gasteiger charge is 2.20. The van der Waals surface area contributed by atoms with Crippen molar-refractivity contribution in [3.63, 3.8) is 0 Å². The molecule has 0 fully saturated rings. The molecule has 0 amide bonds. The van der Waals surface area contributed by atoms with Crippen molar-refractivity contribution in [2.45, 2.75) is 13.0 Å². The number of benzene rings is 2. The number of fused-ring (bicyclic) bond motifs is 1. The molecule has 1 unspecified atom stereocenters. The molecule has 0 aliphatic carbocycles. The minimum absolute atomic E-state index is 0.439. The zero-order valence-electron chi connectivity index (χ0n) is 14.2. The quantitative estimate of drug-likeness (QED) is 0.587. The molecule has 4 rings (SSSR count). The van der Waals surface area contributed by atoms with E-state index in [0.717, 1.165) is 5.69 Å². The van der Waals surface area contributed by atoms with Crippen LogP contribution in [0.25, 0.3) is 5.69 Å². The summed E-state index contributed by atoms with van der Waals surface area (Å²) in [4.78, 5) is 0. The van der Waals surface area contributed by atoms with Gasteiger partial charge in [-0.25, -0.2) is 0 Å². The van der Waals surface area contributed by atoms with E-state index in [2.05, 4.69) is 10.2 Å². The SMILES string of the molecule is CC(Oc1cc(Cl)ccc1Cl)c1n[nH]c(=S)n1-c1ccc2c(c1)OCCO2. The fraction of sp³-hybridized carbons (Fsp3) is 0.222. The molecule has 0 spiro atoms. The Labute approximate surface area is 170 Å². The van der Waals surface area contributed by atoms with Crippen LogP contribution in [0.5, 0.6) is 17.2 Å². The number of H-pyrrole nitrogens is 1. The predicted octanol–water partition coefficient (Wildman–Crippen LogP) is 5.15. The molecule has 1 atom stereocenters. The number of aromatic amines is 1. The number of nitrogens with zero attached hydrogens (tertiary/aromatic N) is 2. The van der Waals surface area contributed by atoms with Gasteiger partial charge < -0.3 is 14.2 Å². The second kappa shape index (κ2) is 7.42. The molecule has 0 bridgehead atoms. The lowest BCUT2D eigenvalue weighted by Gasteiger charge is -2.20. The Bertz CT molecular complexity index is 1050. The predicted molar refractivity (Wildman–Crippen MR) is 105 cm³/mol. The van der Waals surface area contributed by atoms with Gasteiger partial charge in [-0.2, -0.15) is 5.10 Å². The van der Waals surface area contributed by atoms with E-state index in [1.807, 2.05) is 25.1 Å². The van der Waals surface area contributed by atoms with Gasteiger partial charge in [-0.05, 0) is 43.4 Å². The van der Waals surface area contributed by atoms with Crippen molar-refractivity contribution in [2.75, 3.05) is 13.2 Å². The lowest BCUT2D eigenvalue weighted by Crippen LogP contribution is -2.16. The summed E-state index contributed by atoms with van der Waals surface area (Å²) in [6.07, 6.45) is -0.442. The van der Waals surface area contributed by atoms with Crippen molar-refractivity contribution in [3.8, 4) is 22.9 Å². The summed E-state index contributed by atoms with van der Waals surface area (Å²) < 4.78 is 19.4. The average Bonchev–Trinajstić information content (AvgIpc) is 3.06. The Morgan fingerprint density at radius 3 is 2.74 bits per heavy atom. The van der Waals surface area contributed by atoms with Crippen LogP contribution in [0.15, 0.2) is 36.4 Å². The maximum absolute atomic E-state index is 6.20. The lowest BCUT2D eigenvalue weighted by atomic mass is 10.2. The minimum atomic E-state index is -0.442. The van der Waals surface area contributed by atoms with Crippen molar-refractivity contribution in [1.29, 1.82) is 0 Å². The molecule has 1 aliphatic rings. The van der Waals surface area contributed by atoms with Crippen molar-refractivity contribution in [1.82, 2.24) is 14.8 Å². The second-order valence-electron chi connectivity index (χ2n) is 5.89. The topological polar surface area (TPSA) is 61.3 Å². The number of aromatic nitrogens is 3. The number of hydrogen-bond donors (Lipinski definition) is 1. The zero-order valence-corrected chi connectivity index (χ0v) is 16.6. The molecular weight excluding hydrogens is 409 g/mol. The minimum Gasteiger partial charge on any atom is -0.486 e. The van der Waals surface area contributed by atoms with Gasteiger partial charge in [0.1, 0.15) is 19.0 Å². The van der Waals surface area contributed by atoms with Crippen LogP contribution in [0, 0.1) is 4.77 Å². The van der Waals surface area contributed by atoms with E-state index in [1.165, 1.54) is 0 Å². The first-order valence-electron chi connectivity index (χ1n) is 8.22. The van der Waals surface area contributed by atoms with Crippen LogP contribution in [0.2, 0.25) is 10.0 Å². The van der Waals surface area contributed by atoms with Gasteiger partial charge in [0, 0.05) is 17.2 Å². The first-order valence-corrected chi connectivity index (χ1v) is 9.38. The van der Waals surface area contributed by atoms with E-state index in [1.54, 1.807) is 22.8 Å². The summed E-state index contributed by atoms with van der Waals surface area (Å²) in [5.74, 6) is 2.43. The molecule has 0 saturated heterocycles. The summed E-state index contributed by atoms with van der Waals surface area (Å²) in [6, 6.07) is 10.7. The maximum atomic E-state index is 6.20. The van der Waals surface area contributed by atoms with Crippen molar-refractivity contribution in [2.24, 2.45) is 0 Å². The van der Waals surface area contributed by atoms with Gasteiger partial charge in [0.05, 0.1) is 10.7 Å². The van der Waals surface area contributed by atoms with Crippen LogP contribution in [0.4, 0.5) is 0 Å². The molecule has 6 nitrogen and oxygen atoms in total. The van der Waals surface area contributed by atoms with Gasteiger partial charge in [0.15, 0.2) is 28.2 Å². The molecule has 0 radical (unpaired) electrons. The summed E-state index contributed by atoms with van der Waals surface area (Å²) in [6.45, 7) is 2.90. The van der Waals surface area contributed by atoms with Gasteiger partial charge >= 0.3 is 0 Å². The highest BCUT2D eigenvalue weighted by Crippen LogP contribution is 2.34. The largest absolute Gasteiger partial charge is 0.486 e. The fourth-order valence-electron chi connectivity index (χ4n) is 2.81. The number of ether oxygens (including phenoxy) is 3. The molecule has 1 aliphatic heterocycles. The summed E-state index contributed by atoms with van der Waals surface area (Å²) in [5, 5.41) is 8.14. The summed E-state index contributed by atoms with van der Waals surface area (Å²) in [7, 11) is 0. The van der Waals surface area contributed by atoms with Gasteiger partial charge in [0.25, 0.3) is 0 Å². The summed E-state index contributed by atoms with van der Waals surface area (Å²) in [5.41, 5.74) is 0.792. The second-order valence-corrected chi connectivity index (χ2v) is 7.12. The average molecular weight is 424 g/mol. The van der Waals surface area contributed by atoms with E-state index in [-0.39, 0.29) is 0 Å². The zero-order chi connectivity index (χ0) is 19.0. The van der Waals surface area contributed by atoms with E-state index >= 15 is 0 Å². The third kappa shape index (κ3) is 3.63. The smallest absolute Gasteiger partial charge is 0.199 e. The molecule has 27 heavy (non-hydrogen) atoms. The van der Waals surface area contributed by atoms with E-state index < -0.39 is 6.10 Å². The Morgan fingerprint density at radius 1 is 1.15 bits per heavy atom. The Morgan fingerprint density at radius 2 is 1.93 bits per heavy atom. The van der Waals surface area contributed by atoms with Crippen LogP contribution in [0.3, 0.4) is 0 Å². The van der Waals surface area contributed by atoms with Crippen LogP contribution in [-0.4, -0.2) is 28.0 Å². The number of nitrogens with one attached hydrogen (secondary N) is 1. The molecule has 1 N–H and O–H groups in total.